The molecule has 2 atom stereocenters. The van der Waals surface area contributed by atoms with Crippen LogP contribution in [0.25, 0.3) is 16.7 Å². The lowest BCUT2D eigenvalue weighted by Gasteiger charge is -2.21. The van der Waals surface area contributed by atoms with E-state index in [0.717, 1.165) is 26.1 Å². The summed E-state index contributed by atoms with van der Waals surface area (Å²) in [4.78, 5) is 20.0. The molecular weight excluding hydrogens is 525 g/mol. The van der Waals surface area contributed by atoms with Crippen molar-refractivity contribution in [2.75, 3.05) is 37.0 Å². The predicted molar refractivity (Wildman–Crippen MR) is 144 cm³/mol. The van der Waals surface area contributed by atoms with Gasteiger partial charge in [-0.2, -0.15) is 5.10 Å². The molecule has 13 heteroatoms. The molecule has 2 fully saturated rings. The molecule has 6 heterocycles. The second-order valence-electron chi connectivity index (χ2n) is 9.51. The van der Waals surface area contributed by atoms with E-state index in [9.17, 15) is 0 Å². The van der Waals surface area contributed by atoms with E-state index in [2.05, 4.69) is 35.6 Å². The number of anilines is 3. The Morgan fingerprint density at radius 3 is 2.90 bits per heavy atom. The van der Waals surface area contributed by atoms with Crippen LogP contribution in [0.1, 0.15) is 6.42 Å². The van der Waals surface area contributed by atoms with E-state index < -0.39 is 5.82 Å². The number of aromatic nitrogens is 6. The summed E-state index contributed by atoms with van der Waals surface area (Å²) in [6.07, 6.45) is 5.67. The quantitative estimate of drug-likeness (QED) is 0.320. The molecule has 39 heavy (non-hydrogen) atoms. The second-order valence-corrected chi connectivity index (χ2v) is 9.89. The summed E-state index contributed by atoms with van der Waals surface area (Å²) >= 11 is 6.38. The second kappa shape index (κ2) is 9.47. The average Bonchev–Trinajstić information content (AvgIpc) is 3.69. The molecule has 2 unspecified atom stereocenters. The molecule has 2 saturated heterocycles. The van der Waals surface area contributed by atoms with Gasteiger partial charge in [-0.05, 0) is 37.1 Å². The van der Waals surface area contributed by atoms with E-state index in [1.54, 1.807) is 36.0 Å². The maximum atomic E-state index is 15.4. The Balaban J connectivity index is 1.19. The van der Waals surface area contributed by atoms with Crippen LogP contribution in [0, 0.1) is 11.7 Å². The fraction of sp³-hybridized carbons (Fsp3) is 0.269. The largest absolute Gasteiger partial charge is 0.493 e. The number of pyridine rings is 2. The molecular formula is C26H23ClFN9O2. The van der Waals surface area contributed by atoms with Crippen molar-refractivity contribution in [3.05, 3.63) is 60.0 Å². The molecule has 2 aliphatic rings. The van der Waals surface area contributed by atoms with Gasteiger partial charge in [0, 0.05) is 37.5 Å². The maximum Gasteiger partial charge on any atom is 0.172 e. The van der Waals surface area contributed by atoms with E-state index in [-0.39, 0.29) is 16.5 Å². The van der Waals surface area contributed by atoms with E-state index in [0.29, 0.717) is 51.8 Å². The van der Waals surface area contributed by atoms with Crippen LogP contribution in [0.4, 0.5) is 21.7 Å². The Morgan fingerprint density at radius 1 is 1.10 bits per heavy atom. The Kier molecular flexibility index (Phi) is 5.78. The summed E-state index contributed by atoms with van der Waals surface area (Å²) < 4.78 is 28.5. The van der Waals surface area contributed by atoms with Gasteiger partial charge in [-0.25, -0.2) is 28.8 Å². The van der Waals surface area contributed by atoms with Crippen molar-refractivity contribution in [2.45, 2.75) is 12.5 Å². The van der Waals surface area contributed by atoms with Crippen molar-refractivity contribution < 1.29 is 13.9 Å². The van der Waals surface area contributed by atoms with Gasteiger partial charge < -0.3 is 25.0 Å². The molecule has 2 aliphatic heterocycles. The molecule has 7 rings (SSSR count). The first-order chi connectivity index (χ1) is 19.1. The number of methoxy groups -OCH3 is 1. The fourth-order valence-electron chi connectivity index (χ4n) is 5.27. The van der Waals surface area contributed by atoms with Crippen LogP contribution in [0.2, 0.25) is 5.02 Å². The van der Waals surface area contributed by atoms with Crippen LogP contribution >= 0.6 is 11.6 Å². The molecule has 0 saturated carbocycles. The van der Waals surface area contributed by atoms with Crippen molar-refractivity contribution in [3.63, 3.8) is 0 Å². The Labute approximate surface area is 227 Å². The Bertz CT molecular complexity index is 1700. The maximum absolute atomic E-state index is 15.4. The Morgan fingerprint density at radius 2 is 2.03 bits per heavy atom. The summed E-state index contributed by atoms with van der Waals surface area (Å²) in [5.41, 5.74) is 1.78. The first-order valence-corrected chi connectivity index (χ1v) is 12.9. The van der Waals surface area contributed by atoms with Crippen LogP contribution < -0.4 is 25.0 Å². The number of ether oxygens (including phenoxy) is 2. The lowest BCUT2D eigenvalue weighted by atomic mass is 10.1. The van der Waals surface area contributed by atoms with E-state index in [1.807, 2.05) is 6.07 Å². The standard InChI is InChI=1S/C26H23ClFN9O2/c1-38-20-9-17-24(35-26(20)36-10-14-4-6-29-18(14)11-36)25(32-12-30-17)34-16-2-3-19(22(27)23(16)28)39-15-5-7-37-21(8-15)31-13-33-37/h2-3,5,7-9,12-14,18,29H,4,6,10-11H2,1H3,(H,30,32,34). The summed E-state index contributed by atoms with van der Waals surface area (Å²) in [5, 5.41) is 10.5. The van der Waals surface area contributed by atoms with Gasteiger partial charge in [0.25, 0.3) is 0 Å². The summed E-state index contributed by atoms with van der Waals surface area (Å²) in [5.74, 6) is 2.20. The number of hydrogen-bond donors (Lipinski definition) is 2. The zero-order valence-corrected chi connectivity index (χ0v) is 21.6. The van der Waals surface area contributed by atoms with Gasteiger partial charge in [0.15, 0.2) is 28.8 Å². The predicted octanol–water partition coefficient (Wildman–Crippen LogP) is 4.20. The molecule has 0 spiro atoms. The average molecular weight is 548 g/mol. The fourth-order valence-corrected chi connectivity index (χ4v) is 5.47. The minimum absolute atomic E-state index is 0.124. The number of benzene rings is 1. The number of hydrogen-bond acceptors (Lipinski definition) is 10. The van der Waals surface area contributed by atoms with Gasteiger partial charge in [-0.3, -0.25) is 0 Å². The molecule has 198 valence electrons. The van der Waals surface area contributed by atoms with Gasteiger partial charge in [0.1, 0.15) is 34.7 Å². The molecule has 4 aromatic heterocycles. The minimum atomic E-state index is -0.684. The number of halogens is 2. The number of rotatable bonds is 6. The highest BCUT2D eigenvalue weighted by Crippen LogP contribution is 2.39. The topological polar surface area (TPSA) is 115 Å². The monoisotopic (exact) mass is 547 g/mol. The van der Waals surface area contributed by atoms with Crippen molar-refractivity contribution in [1.82, 2.24) is 34.9 Å². The molecule has 0 aliphatic carbocycles. The number of nitrogens with zero attached hydrogens (tertiary/aromatic N) is 7. The van der Waals surface area contributed by atoms with Crippen LogP contribution in [0.15, 0.2) is 49.2 Å². The first-order valence-electron chi connectivity index (χ1n) is 12.5. The lowest BCUT2D eigenvalue weighted by molar-refractivity contribution is 0.413. The molecule has 11 nitrogen and oxygen atoms in total. The van der Waals surface area contributed by atoms with Crippen LogP contribution in [0.3, 0.4) is 0 Å². The summed E-state index contributed by atoms with van der Waals surface area (Å²) in [7, 11) is 1.62. The summed E-state index contributed by atoms with van der Waals surface area (Å²) in [6.45, 7) is 2.77. The van der Waals surface area contributed by atoms with Crippen LogP contribution in [0.5, 0.6) is 17.2 Å². The van der Waals surface area contributed by atoms with E-state index in [4.69, 9.17) is 26.1 Å². The zero-order chi connectivity index (χ0) is 26.5. The van der Waals surface area contributed by atoms with Gasteiger partial charge >= 0.3 is 0 Å². The van der Waals surface area contributed by atoms with Crippen LogP contribution in [-0.2, 0) is 0 Å². The third-order valence-electron chi connectivity index (χ3n) is 7.22. The van der Waals surface area contributed by atoms with Gasteiger partial charge in [0.2, 0.25) is 0 Å². The van der Waals surface area contributed by atoms with Crippen molar-refractivity contribution >= 4 is 45.6 Å². The number of nitrogens with one attached hydrogen (secondary N) is 2. The van der Waals surface area contributed by atoms with E-state index >= 15 is 4.39 Å². The Hall–Kier alpha value is -4.29. The number of fused-ring (bicyclic) bond motifs is 3. The zero-order valence-electron chi connectivity index (χ0n) is 20.8. The smallest absolute Gasteiger partial charge is 0.172 e. The van der Waals surface area contributed by atoms with Gasteiger partial charge in [-0.15, -0.1) is 0 Å². The molecule has 0 amide bonds. The molecule has 2 N–H and O–H groups in total. The summed E-state index contributed by atoms with van der Waals surface area (Å²) in [6, 6.07) is 8.77. The van der Waals surface area contributed by atoms with E-state index in [1.165, 1.54) is 18.7 Å². The molecule has 5 aromatic rings. The van der Waals surface area contributed by atoms with Crippen molar-refractivity contribution in [1.29, 1.82) is 0 Å². The highest BCUT2D eigenvalue weighted by Gasteiger charge is 2.37. The third-order valence-corrected chi connectivity index (χ3v) is 7.57. The lowest BCUT2D eigenvalue weighted by Crippen LogP contribution is -2.30. The van der Waals surface area contributed by atoms with Gasteiger partial charge in [-0.1, -0.05) is 11.6 Å². The molecule has 0 radical (unpaired) electrons. The highest BCUT2D eigenvalue weighted by molar-refractivity contribution is 6.32. The van der Waals surface area contributed by atoms with Gasteiger partial charge in [0.05, 0.1) is 18.3 Å². The highest BCUT2D eigenvalue weighted by atomic mass is 35.5. The molecule has 1 aromatic carbocycles. The van der Waals surface area contributed by atoms with Crippen LogP contribution in [-0.4, -0.2) is 62.3 Å². The normalized spacial score (nSPS) is 18.6. The van der Waals surface area contributed by atoms with Crippen molar-refractivity contribution in [2.24, 2.45) is 5.92 Å². The third kappa shape index (κ3) is 4.21. The van der Waals surface area contributed by atoms with Crippen molar-refractivity contribution in [3.8, 4) is 17.2 Å². The first kappa shape index (κ1) is 23.8. The SMILES string of the molecule is COc1cc2ncnc(Nc3ccc(Oc4ccn5ncnc5c4)c(Cl)c3F)c2nc1N1CC2CCNC2C1. The molecule has 0 bridgehead atoms. The minimum Gasteiger partial charge on any atom is -0.493 e.